The molecule has 0 saturated heterocycles. The van der Waals surface area contributed by atoms with E-state index >= 15 is 0 Å². The lowest BCUT2D eigenvalue weighted by Gasteiger charge is -2.07. The summed E-state index contributed by atoms with van der Waals surface area (Å²) in [6.07, 6.45) is 6.43. The first kappa shape index (κ1) is 17.4. The van der Waals surface area contributed by atoms with E-state index in [1.54, 1.807) is 18.2 Å². The minimum Gasteiger partial charge on any atom is -0.321 e. The summed E-state index contributed by atoms with van der Waals surface area (Å²) in [6, 6.07) is 11.9. The van der Waals surface area contributed by atoms with Gasteiger partial charge < -0.3 is 5.32 Å². The Labute approximate surface area is 144 Å². The SMILES string of the molecule is CCCCc1ccc(NC(=O)/C=C/c2ccc(F)cc2)c(Br)c1. The first-order chi connectivity index (χ1) is 11.1. The van der Waals surface area contributed by atoms with Crippen LogP contribution in [0.25, 0.3) is 6.08 Å². The van der Waals surface area contributed by atoms with Gasteiger partial charge in [-0.05, 0) is 70.2 Å². The van der Waals surface area contributed by atoms with Crippen LogP contribution in [0.3, 0.4) is 0 Å². The molecule has 0 aliphatic heterocycles. The molecule has 0 unspecified atom stereocenters. The molecule has 0 aromatic heterocycles. The summed E-state index contributed by atoms with van der Waals surface area (Å²) in [5.41, 5.74) is 2.76. The minimum absolute atomic E-state index is 0.226. The van der Waals surface area contributed by atoms with E-state index in [0.717, 1.165) is 35.0 Å². The normalized spacial score (nSPS) is 10.9. The smallest absolute Gasteiger partial charge is 0.248 e. The van der Waals surface area contributed by atoms with Gasteiger partial charge in [0.2, 0.25) is 5.91 Å². The van der Waals surface area contributed by atoms with Gasteiger partial charge in [0.05, 0.1) is 5.69 Å². The van der Waals surface area contributed by atoms with Crippen molar-refractivity contribution >= 4 is 33.6 Å². The molecule has 120 valence electrons. The van der Waals surface area contributed by atoms with Gasteiger partial charge in [0.1, 0.15) is 5.82 Å². The third kappa shape index (κ3) is 5.64. The number of benzene rings is 2. The quantitative estimate of drug-likeness (QED) is 0.655. The number of halogens is 2. The lowest BCUT2D eigenvalue weighted by atomic mass is 10.1. The van der Waals surface area contributed by atoms with Crippen LogP contribution in [0.1, 0.15) is 30.9 Å². The summed E-state index contributed by atoms with van der Waals surface area (Å²) in [4.78, 5) is 12.0. The summed E-state index contributed by atoms with van der Waals surface area (Å²) in [5.74, 6) is -0.518. The van der Waals surface area contributed by atoms with Crippen molar-refractivity contribution < 1.29 is 9.18 Å². The molecule has 0 spiro atoms. The van der Waals surface area contributed by atoms with Crippen LogP contribution in [-0.4, -0.2) is 5.91 Å². The second-order valence-corrected chi connectivity index (χ2v) is 6.15. The fourth-order valence-corrected chi connectivity index (χ4v) is 2.64. The van der Waals surface area contributed by atoms with Crippen LogP contribution in [0.4, 0.5) is 10.1 Å². The van der Waals surface area contributed by atoms with Gasteiger partial charge in [0.15, 0.2) is 0 Å². The fourth-order valence-electron chi connectivity index (χ4n) is 2.12. The Bertz CT molecular complexity index is 695. The van der Waals surface area contributed by atoms with E-state index in [0.29, 0.717) is 0 Å². The van der Waals surface area contributed by atoms with Crippen molar-refractivity contribution in [2.24, 2.45) is 0 Å². The number of anilines is 1. The van der Waals surface area contributed by atoms with Crippen LogP contribution in [0, 0.1) is 5.82 Å². The Kier molecular flexibility index (Phi) is 6.53. The van der Waals surface area contributed by atoms with Gasteiger partial charge >= 0.3 is 0 Å². The van der Waals surface area contributed by atoms with Crippen LogP contribution >= 0.6 is 15.9 Å². The standard InChI is InChI=1S/C19H19BrFNO/c1-2-3-4-15-7-11-18(17(20)13-15)22-19(23)12-8-14-5-9-16(21)10-6-14/h5-13H,2-4H2,1H3,(H,22,23)/b12-8+. The van der Waals surface area contributed by atoms with E-state index in [2.05, 4.69) is 28.2 Å². The molecule has 0 fully saturated rings. The molecule has 1 amide bonds. The predicted octanol–water partition coefficient (Wildman–Crippen LogP) is 5.58. The second-order valence-electron chi connectivity index (χ2n) is 5.29. The molecule has 1 N–H and O–H groups in total. The topological polar surface area (TPSA) is 29.1 Å². The van der Waals surface area contributed by atoms with E-state index in [-0.39, 0.29) is 11.7 Å². The van der Waals surface area contributed by atoms with Crippen LogP contribution in [0.5, 0.6) is 0 Å². The number of carbonyl (C=O) groups is 1. The van der Waals surface area contributed by atoms with Crippen LogP contribution in [-0.2, 0) is 11.2 Å². The van der Waals surface area contributed by atoms with Crippen molar-refractivity contribution in [3.63, 3.8) is 0 Å². The van der Waals surface area contributed by atoms with Crippen molar-refractivity contribution in [3.8, 4) is 0 Å². The lowest BCUT2D eigenvalue weighted by Crippen LogP contribution is -2.08. The maximum Gasteiger partial charge on any atom is 0.248 e. The van der Waals surface area contributed by atoms with Crippen LogP contribution in [0.2, 0.25) is 0 Å². The third-order valence-electron chi connectivity index (χ3n) is 3.41. The van der Waals surface area contributed by atoms with Gasteiger partial charge in [-0.2, -0.15) is 0 Å². The van der Waals surface area contributed by atoms with Crippen molar-refractivity contribution in [2.75, 3.05) is 5.32 Å². The highest BCUT2D eigenvalue weighted by Gasteiger charge is 2.04. The molecule has 2 aromatic carbocycles. The maximum atomic E-state index is 12.8. The zero-order chi connectivity index (χ0) is 16.7. The second kappa shape index (κ2) is 8.63. The van der Waals surface area contributed by atoms with E-state index in [1.165, 1.54) is 23.8 Å². The van der Waals surface area contributed by atoms with Gasteiger partial charge in [0, 0.05) is 10.5 Å². The molecule has 0 aliphatic rings. The summed E-state index contributed by atoms with van der Waals surface area (Å²) < 4.78 is 13.7. The van der Waals surface area contributed by atoms with Crippen LogP contribution in [0.15, 0.2) is 53.0 Å². The van der Waals surface area contributed by atoms with Gasteiger partial charge in [-0.25, -0.2) is 4.39 Å². The van der Waals surface area contributed by atoms with Crippen molar-refractivity contribution in [2.45, 2.75) is 26.2 Å². The zero-order valence-corrected chi connectivity index (χ0v) is 14.6. The molecular formula is C19H19BrFNO. The predicted molar refractivity (Wildman–Crippen MR) is 96.8 cm³/mol. The average molecular weight is 376 g/mol. The number of rotatable bonds is 6. The largest absolute Gasteiger partial charge is 0.321 e. The Morgan fingerprint density at radius 1 is 1.22 bits per heavy atom. The number of hydrogen-bond donors (Lipinski definition) is 1. The number of carbonyl (C=O) groups excluding carboxylic acids is 1. The van der Waals surface area contributed by atoms with Gasteiger partial charge in [-0.1, -0.05) is 31.5 Å². The molecule has 2 nitrogen and oxygen atoms in total. The highest BCUT2D eigenvalue weighted by Crippen LogP contribution is 2.24. The first-order valence-electron chi connectivity index (χ1n) is 7.61. The van der Waals surface area contributed by atoms with Gasteiger partial charge in [0.25, 0.3) is 0 Å². The van der Waals surface area contributed by atoms with Crippen molar-refractivity contribution in [3.05, 3.63) is 70.0 Å². The third-order valence-corrected chi connectivity index (χ3v) is 4.06. The first-order valence-corrected chi connectivity index (χ1v) is 8.41. The highest BCUT2D eigenvalue weighted by atomic mass is 79.9. The monoisotopic (exact) mass is 375 g/mol. The zero-order valence-electron chi connectivity index (χ0n) is 13.0. The van der Waals surface area contributed by atoms with Crippen molar-refractivity contribution in [1.29, 1.82) is 0 Å². The Hall–Kier alpha value is -1.94. The fraction of sp³-hybridized carbons (Fsp3) is 0.211. The number of amides is 1. The molecular weight excluding hydrogens is 357 g/mol. The molecule has 0 radical (unpaired) electrons. The summed E-state index contributed by atoms with van der Waals surface area (Å²) in [5, 5.41) is 2.83. The molecule has 0 saturated carbocycles. The van der Waals surface area contributed by atoms with E-state index in [4.69, 9.17) is 0 Å². The number of aryl methyl sites for hydroxylation is 1. The Balaban J connectivity index is 1.98. The summed E-state index contributed by atoms with van der Waals surface area (Å²) in [7, 11) is 0. The molecule has 0 aliphatic carbocycles. The molecule has 23 heavy (non-hydrogen) atoms. The van der Waals surface area contributed by atoms with Crippen molar-refractivity contribution in [1.82, 2.24) is 0 Å². The van der Waals surface area contributed by atoms with Gasteiger partial charge in [-0.15, -0.1) is 0 Å². The highest BCUT2D eigenvalue weighted by molar-refractivity contribution is 9.10. The van der Waals surface area contributed by atoms with E-state index in [9.17, 15) is 9.18 Å². The number of hydrogen-bond acceptors (Lipinski definition) is 1. The molecule has 0 bridgehead atoms. The molecule has 0 atom stereocenters. The Morgan fingerprint density at radius 3 is 2.61 bits per heavy atom. The molecule has 2 rings (SSSR count). The number of nitrogens with one attached hydrogen (secondary N) is 1. The van der Waals surface area contributed by atoms with E-state index < -0.39 is 0 Å². The minimum atomic E-state index is -0.293. The summed E-state index contributed by atoms with van der Waals surface area (Å²) >= 11 is 3.49. The maximum absolute atomic E-state index is 12.8. The van der Waals surface area contributed by atoms with Gasteiger partial charge in [-0.3, -0.25) is 4.79 Å². The molecule has 0 heterocycles. The summed E-state index contributed by atoms with van der Waals surface area (Å²) in [6.45, 7) is 2.16. The average Bonchev–Trinajstić information content (AvgIpc) is 2.54. The lowest BCUT2D eigenvalue weighted by molar-refractivity contribution is -0.111. The van der Waals surface area contributed by atoms with E-state index in [1.807, 2.05) is 18.2 Å². The Morgan fingerprint density at radius 2 is 1.96 bits per heavy atom. The molecule has 2 aromatic rings. The van der Waals surface area contributed by atoms with Crippen LogP contribution < -0.4 is 5.32 Å². The number of unbranched alkanes of at least 4 members (excludes halogenated alkanes) is 1. The molecule has 4 heteroatoms.